The van der Waals surface area contributed by atoms with E-state index in [1.807, 2.05) is 64.1 Å². The molecular formula is C27H31N3O4. The largest absolute Gasteiger partial charge is 0.480 e. The second-order valence-electron chi connectivity index (χ2n) is 8.77. The summed E-state index contributed by atoms with van der Waals surface area (Å²) in [7, 11) is 0. The first-order valence-electron chi connectivity index (χ1n) is 11.3. The number of urea groups is 1. The van der Waals surface area contributed by atoms with E-state index < -0.39 is 23.9 Å². The predicted octanol–water partition coefficient (Wildman–Crippen LogP) is 5.64. The number of aryl methyl sites for hydroxylation is 3. The number of rotatable bonds is 7. The number of carbonyl (C=O) groups excluding carboxylic acids is 2. The van der Waals surface area contributed by atoms with E-state index in [1.54, 1.807) is 19.1 Å². The van der Waals surface area contributed by atoms with Crippen molar-refractivity contribution in [1.29, 1.82) is 0 Å². The Labute approximate surface area is 199 Å². The number of hydrogen-bond acceptors (Lipinski definition) is 3. The van der Waals surface area contributed by atoms with Gasteiger partial charge in [-0.05, 0) is 60.7 Å². The van der Waals surface area contributed by atoms with Gasteiger partial charge in [-0.25, -0.2) is 9.59 Å². The van der Waals surface area contributed by atoms with E-state index in [2.05, 4.69) is 16.0 Å². The fourth-order valence-corrected chi connectivity index (χ4v) is 4.08. The van der Waals surface area contributed by atoms with Gasteiger partial charge in [0.2, 0.25) is 0 Å². The van der Waals surface area contributed by atoms with Crippen LogP contribution in [-0.2, 0) is 4.79 Å². The van der Waals surface area contributed by atoms with Crippen molar-refractivity contribution in [3.8, 4) is 0 Å². The number of benzene rings is 3. The lowest BCUT2D eigenvalue weighted by Gasteiger charge is -2.21. The Morgan fingerprint density at radius 1 is 0.912 bits per heavy atom. The predicted molar refractivity (Wildman–Crippen MR) is 136 cm³/mol. The molecule has 2 atom stereocenters. The molecule has 7 heteroatoms. The molecule has 0 heterocycles. The SMILES string of the molecule is CCC(C)[C@H](NC(=O)c1cc2ccccc2cc1NC(=O)Nc1c(C)cc(C)cc1C)C(=O)O. The quantitative estimate of drug-likeness (QED) is 0.365. The van der Waals surface area contributed by atoms with Gasteiger partial charge in [0.25, 0.3) is 5.91 Å². The van der Waals surface area contributed by atoms with Crippen LogP contribution >= 0.6 is 0 Å². The zero-order valence-corrected chi connectivity index (χ0v) is 20.2. The lowest BCUT2D eigenvalue weighted by Crippen LogP contribution is -2.45. The first-order chi connectivity index (χ1) is 16.1. The molecule has 7 nitrogen and oxygen atoms in total. The third kappa shape index (κ3) is 5.54. The lowest BCUT2D eigenvalue weighted by atomic mass is 9.98. The number of nitrogens with one attached hydrogen (secondary N) is 3. The number of aliphatic carboxylic acids is 1. The highest BCUT2D eigenvalue weighted by atomic mass is 16.4. The van der Waals surface area contributed by atoms with Crippen LogP contribution in [0, 0.1) is 26.7 Å². The van der Waals surface area contributed by atoms with E-state index in [0.717, 1.165) is 27.5 Å². The molecule has 0 saturated carbocycles. The molecule has 0 aliphatic carbocycles. The van der Waals surface area contributed by atoms with Crippen molar-refractivity contribution in [3.63, 3.8) is 0 Å². The second-order valence-corrected chi connectivity index (χ2v) is 8.77. The van der Waals surface area contributed by atoms with Crippen LogP contribution in [0.25, 0.3) is 10.8 Å². The molecule has 0 fully saturated rings. The van der Waals surface area contributed by atoms with E-state index in [9.17, 15) is 19.5 Å². The molecule has 0 saturated heterocycles. The minimum absolute atomic E-state index is 0.195. The Kier molecular flexibility index (Phi) is 7.56. The topological polar surface area (TPSA) is 108 Å². The van der Waals surface area contributed by atoms with Gasteiger partial charge >= 0.3 is 12.0 Å². The van der Waals surface area contributed by atoms with Crippen molar-refractivity contribution < 1.29 is 19.5 Å². The molecule has 1 unspecified atom stereocenters. The van der Waals surface area contributed by atoms with Gasteiger partial charge in [-0.15, -0.1) is 0 Å². The second kappa shape index (κ2) is 10.4. The van der Waals surface area contributed by atoms with Crippen molar-refractivity contribution >= 4 is 40.1 Å². The molecule has 3 rings (SSSR count). The average molecular weight is 462 g/mol. The Balaban J connectivity index is 1.95. The van der Waals surface area contributed by atoms with Gasteiger partial charge in [-0.1, -0.05) is 62.2 Å². The van der Waals surface area contributed by atoms with E-state index in [1.165, 1.54) is 0 Å². The number of anilines is 2. The Bertz CT molecular complexity index is 1230. The summed E-state index contributed by atoms with van der Waals surface area (Å²) in [4.78, 5) is 37.8. The molecule has 0 spiro atoms. The molecule has 3 aromatic rings. The first-order valence-corrected chi connectivity index (χ1v) is 11.3. The van der Waals surface area contributed by atoms with E-state index in [-0.39, 0.29) is 11.5 Å². The molecule has 4 N–H and O–H groups in total. The van der Waals surface area contributed by atoms with Crippen molar-refractivity contribution in [3.05, 3.63) is 70.8 Å². The van der Waals surface area contributed by atoms with Gasteiger partial charge < -0.3 is 21.1 Å². The fraction of sp³-hybridized carbons (Fsp3) is 0.296. The van der Waals surface area contributed by atoms with Crippen LogP contribution in [0.15, 0.2) is 48.5 Å². The van der Waals surface area contributed by atoms with Crippen LogP contribution in [0.1, 0.15) is 47.3 Å². The normalized spacial score (nSPS) is 12.6. The fourth-order valence-electron chi connectivity index (χ4n) is 4.08. The standard InChI is InChI=1S/C27H31N3O4/c1-6-16(3)24(26(32)33)29-25(31)21-13-19-9-7-8-10-20(19)14-22(21)28-27(34)30-23-17(4)11-15(2)12-18(23)5/h7-14,16,24H,6H2,1-5H3,(H,29,31)(H,32,33)(H2,28,30,34)/t16?,24-/m0/s1. The number of carboxylic acid groups (broad SMARTS) is 1. The first kappa shape index (κ1) is 24.8. The van der Waals surface area contributed by atoms with Crippen molar-refractivity contribution in [2.75, 3.05) is 10.6 Å². The molecule has 3 amide bonds. The molecule has 0 radical (unpaired) electrons. The summed E-state index contributed by atoms with van der Waals surface area (Å²) in [5.41, 5.74) is 4.16. The summed E-state index contributed by atoms with van der Waals surface area (Å²) in [6.07, 6.45) is 0.595. The van der Waals surface area contributed by atoms with Crippen LogP contribution in [0.2, 0.25) is 0 Å². The summed E-state index contributed by atoms with van der Waals surface area (Å²) in [6.45, 7) is 9.48. The average Bonchev–Trinajstić information content (AvgIpc) is 2.78. The molecule has 0 aliphatic heterocycles. The number of amides is 3. The molecule has 0 aliphatic rings. The van der Waals surface area contributed by atoms with Crippen molar-refractivity contribution in [2.24, 2.45) is 5.92 Å². The number of hydrogen-bond donors (Lipinski definition) is 4. The van der Waals surface area contributed by atoms with Gasteiger partial charge in [-0.2, -0.15) is 0 Å². The monoisotopic (exact) mass is 461 g/mol. The highest BCUT2D eigenvalue weighted by Gasteiger charge is 2.27. The van der Waals surface area contributed by atoms with Crippen LogP contribution in [0.4, 0.5) is 16.2 Å². The van der Waals surface area contributed by atoms with Crippen LogP contribution in [-0.4, -0.2) is 29.1 Å². The number of carboxylic acids is 1. The molecule has 0 aromatic heterocycles. The molecule has 178 valence electrons. The molecule has 0 bridgehead atoms. The molecule has 34 heavy (non-hydrogen) atoms. The van der Waals surface area contributed by atoms with Crippen LogP contribution in [0.3, 0.4) is 0 Å². The molecule has 3 aromatic carbocycles. The van der Waals surface area contributed by atoms with E-state index in [0.29, 0.717) is 17.8 Å². The summed E-state index contributed by atoms with van der Waals surface area (Å²) in [5.74, 6) is -1.91. The summed E-state index contributed by atoms with van der Waals surface area (Å²) in [5, 5.41) is 19.5. The Morgan fingerprint density at radius 3 is 2.06 bits per heavy atom. The third-order valence-electron chi connectivity index (χ3n) is 6.06. The summed E-state index contributed by atoms with van der Waals surface area (Å²) in [6, 6.07) is 13.3. The molecular weight excluding hydrogens is 430 g/mol. The van der Waals surface area contributed by atoms with Crippen LogP contribution in [0.5, 0.6) is 0 Å². The number of carbonyl (C=O) groups is 3. The number of fused-ring (bicyclic) bond motifs is 1. The Morgan fingerprint density at radius 2 is 1.50 bits per heavy atom. The van der Waals surface area contributed by atoms with Crippen LogP contribution < -0.4 is 16.0 Å². The maximum Gasteiger partial charge on any atom is 0.326 e. The van der Waals surface area contributed by atoms with Gasteiger partial charge in [-0.3, -0.25) is 4.79 Å². The maximum atomic E-state index is 13.2. The summed E-state index contributed by atoms with van der Waals surface area (Å²) >= 11 is 0. The Hall–Kier alpha value is -3.87. The smallest absolute Gasteiger partial charge is 0.326 e. The van der Waals surface area contributed by atoms with E-state index in [4.69, 9.17) is 0 Å². The van der Waals surface area contributed by atoms with Gasteiger partial charge in [0.15, 0.2) is 0 Å². The lowest BCUT2D eigenvalue weighted by molar-refractivity contribution is -0.140. The zero-order chi connectivity index (χ0) is 25.0. The van der Waals surface area contributed by atoms with Crippen molar-refractivity contribution in [1.82, 2.24) is 5.32 Å². The van der Waals surface area contributed by atoms with Crippen molar-refractivity contribution in [2.45, 2.75) is 47.1 Å². The van der Waals surface area contributed by atoms with Gasteiger partial charge in [0.05, 0.1) is 11.3 Å². The minimum atomic E-state index is -1.10. The van der Waals surface area contributed by atoms with Gasteiger partial charge in [0.1, 0.15) is 6.04 Å². The summed E-state index contributed by atoms with van der Waals surface area (Å²) < 4.78 is 0. The highest BCUT2D eigenvalue weighted by molar-refractivity contribution is 6.10. The maximum absolute atomic E-state index is 13.2. The minimum Gasteiger partial charge on any atom is -0.480 e. The van der Waals surface area contributed by atoms with E-state index >= 15 is 0 Å². The third-order valence-corrected chi connectivity index (χ3v) is 6.06. The van der Waals surface area contributed by atoms with Gasteiger partial charge in [0, 0.05) is 5.69 Å². The zero-order valence-electron chi connectivity index (χ0n) is 20.2. The highest BCUT2D eigenvalue weighted by Crippen LogP contribution is 2.26.